The molecule has 1 heterocycles. The van der Waals surface area contributed by atoms with Crippen LogP contribution in [0, 0.1) is 11.8 Å². The lowest BCUT2D eigenvalue weighted by atomic mass is 9.99. The van der Waals surface area contributed by atoms with E-state index in [0.717, 1.165) is 11.1 Å². The molecule has 2 aromatic carbocycles. The Morgan fingerprint density at radius 1 is 0.703 bits per heavy atom. The van der Waals surface area contributed by atoms with Crippen LogP contribution in [0.2, 0.25) is 0 Å². The highest BCUT2D eigenvalue weighted by Crippen LogP contribution is 2.21. The van der Waals surface area contributed by atoms with Crippen molar-refractivity contribution in [2.24, 2.45) is 23.3 Å². The molecule has 1 saturated heterocycles. The number of carbonyl (C=O) groups is 8. The van der Waals surface area contributed by atoms with E-state index in [1.54, 1.807) is 24.3 Å². The van der Waals surface area contributed by atoms with E-state index in [1.807, 2.05) is 70.3 Å². The molecule has 352 valence electrons. The first kappa shape index (κ1) is 52.9. The summed E-state index contributed by atoms with van der Waals surface area (Å²) in [4.78, 5) is 108. The summed E-state index contributed by atoms with van der Waals surface area (Å²) < 4.78 is 0. The van der Waals surface area contributed by atoms with Crippen molar-refractivity contribution < 1.29 is 38.4 Å². The number of hydrogen-bond acceptors (Lipinski definition) is 10. The second-order valence-electron chi connectivity index (χ2n) is 17.0. The summed E-state index contributed by atoms with van der Waals surface area (Å²) in [6, 6.07) is 12.2. The van der Waals surface area contributed by atoms with Crippen LogP contribution < -0.4 is 43.4 Å². The second kappa shape index (κ2) is 27.6. The molecular formula is C46H69N9O8S. The molecule has 0 radical (unpaired) electrons. The minimum Gasteiger partial charge on any atom is -0.368 e. The van der Waals surface area contributed by atoms with Crippen molar-refractivity contribution in [3.63, 3.8) is 0 Å². The molecule has 1 fully saturated rings. The zero-order valence-corrected chi connectivity index (χ0v) is 38.7. The largest absolute Gasteiger partial charge is 0.368 e. The fraction of sp³-hybridized carbons (Fsp3) is 0.565. The SMILES string of the molecule is CSCC[C@H](NC(=O)[C@H](CC(C)C)NC(=O)[C@H](CC(C)C)N1CC[C@@H](NC(=O)CNC(=O)[C@H](Cc2ccccc2)NC(=O)[C@H](Cc2ccccc2)NC(=O)CCCCN)C1=O)C(N)=O. The van der Waals surface area contributed by atoms with Gasteiger partial charge in [-0.25, -0.2) is 0 Å². The minimum absolute atomic E-state index is 0.00269. The number of rotatable bonds is 28. The quantitative estimate of drug-likeness (QED) is 0.0564. The molecule has 0 aromatic heterocycles. The highest BCUT2D eigenvalue weighted by atomic mass is 32.2. The van der Waals surface area contributed by atoms with Crippen molar-refractivity contribution in [2.45, 2.75) is 122 Å². The van der Waals surface area contributed by atoms with Crippen molar-refractivity contribution in [3.8, 4) is 0 Å². The number of thioether (sulfide) groups is 1. The van der Waals surface area contributed by atoms with Crippen LogP contribution >= 0.6 is 11.8 Å². The van der Waals surface area contributed by atoms with Gasteiger partial charge in [-0.2, -0.15) is 11.8 Å². The van der Waals surface area contributed by atoms with E-state index < -0.39 is 84.1 Å². The lowest BCUT2D eigenvalue weighted by molar-refractivity contribution is -0.141. The molecule has 0 bridgehead atoms. The third kappa shape index (κ3) is 18.3. The molecule has 1 aliphatic rings. The number of nitrogens with zero attached hydrogens (tertiary/aromatic N) is 1. The van der Waals surface area contributed by atoms with Crippen LogP contribution in [-0.2, 0) is 51.2 Å². The minimum atomic E-state index is -1.13. The first-order valence-corrected chi connectivity index (χ1v) is 23.6. The highest BCUT2D eigenvalue weighted by Gasteiger charge is 2.41. The van der Waals surface area contributed by atoms with Gasteiger partial charge >= 0.3 is 0 Å². The van der Waals surface area contributed by atoms with Crippen LogP contribution in [0.1, 0.15) is 83.8 Å². The number of nitrogens with one attached hydrogen (secondary N) is 6. The molecule has 2 aromatic rings. The Morgan fingerprint density at radius 2 is 1.25 bits per heavy atom. The Morgan fingerprint density at radius 3 is 1.80 bits per heavy atom. The van der Waals surface area contributed by atoms with Gasteiger partial charge in [-0.3, -0.25) is 38.4 Å². The van der Waals surface area contributed by atoms with E-state index in [2.05, 4.69) is 31.9 Å². The van der Waals surface area contributed by atoms with Gasteiger partial charge in [0.25, 0.3) is 0 Å². The van der Waals surface area contributed by atoms with Crippen molar-refractivity contribution in [3.05, 3.63) is 71.8 Å². The van der Waals surface area contributed by atoms with Crippen LogP contribution in [0.25, 0.3) is 0 Å². The molecule has 18 heteroatoms. The van der Waals surface area contributed by atoms with Crippen LogP contribution in [0.15, 0.2) is 60.7 Å². The zero-order chi connectivity index (χ0) is 47.2. The molecule has 0 unspecified atom stereocenters. The maximum Gasteiger partial charge on any atom is 0.245 e. The van der Waals surface area contributed by atoms with E-state index in [1.165, 1.54) is 16.7 Å². The molecular weight excluding hydrogens is 839 g/mol. The monoisotopic (exact) mass is 907 g/mol. The topological polar surface area (TPSA) is 264 Å². The van der Waals surface area contributed by atoms with E-state index in [-0.39, 0.29) is 62.8 Å². The average Bonchev–Trinajstić information content (AvgIpc) is 3.61. The van der Waals surface area contributed by atoms with Crippen molar-refractivity contribution in [1.29, 1.82) is 0 Å². The van der Waals surface area contributed by atoms with Crippen LogP contribution in [0.3, 0.4) is 0 Å². The number of unbranched alkanes of at least 4 members (excludes halogenated alkanes) is 1. The Hall–Kier alpha value is -5.49. The van der Waals surface area contributed by atoms with E-state index >= 15 is 0 Å². The molecule has 0 saturated carbocycles. The summed E-state index contributed by atoms with van der Waals surface area (Å²) in [7, 11) is 0. The number of carbonyl (C=O) groups excluding carboxylic acids is 8. The van der Waals surface area contributed by atoms with Crippen LogP contribution in [-0.4, -0.2) is 120 Å². The molecule has 0 aliphatic carbocycles. The van der Waals surface area contributed by atoms with Crippen LogP contribution in [0.4, 0.5) is 0 Å². The van der Waals surface area contributed by atoms with Gasteiger partial charge in [-0.05, 0) is 80.0 Å². The number of nitrogens with two attached hydrogens (primary N) is 2. The molecule has 17 nitrogen and oxygen atoms in total. The highest BCUT2D eigenvalue weighted by molar-refractivity contribution is 7.98. The summed E-state index contributed by atoms with van der Waals surface area (Å²) >= 11 is 1.50. The Balaban J connectivity index is 1.70. The molecule has 6 atom stereocenters. The third-order valence-corrected chi connectivity index (χ3v) is 11.3. The summed E-state index contributed by atoms with van der Waals surface area (Å²) in [6.07, 6.45) is 4.60. The predicted octanol–water partition coefficient (Wildman–Crippen LogP) is 1.07. The van der Waals surface area contributed by atoms with Gasteiger partial charge in [0.15, 0.2) is 0 Å². The smallest absolute Gasteiger partial charge is 0.245 e. The van der Waals surface area contributed by atoms with E-state index in [9.17, 15) is 38.4 Å². The lowest BCUT2D eigenvalue weighted by Crippen LogP contribution is -2.58. The Labute approximate surface area is 381 Å². The number of amides is 8. The summed E-state index contributed by atoms with van der Waals surface area (Å²) in [5.74, 6) is -3.89. The van der Waals surface area contributed by atoms with Crippen molar-refractivity contribution in [2.75, 3.05) is 31.6 Å². The van der Waals surface area contributed by atoms with E-state index in [4.69, 9.17) is 11.5 Å². The fourth-order valence-electron chi connectivity index (χ4n) is 7.35. The standard InChI is InChI=1S/C46H69N9O8S/c1-29(2)24-35(43(60)52-33(41(48)58)20-23-64-5)54-45(62)38(25-30(3)4)55-22-19-34(46(55)63)50-40(57)28-49-42(59)36(26-31-14-8-6-9-15-31)53-44(61)37(27-32-16-10-7-11-17-32)51-39(56)18-12-13-21-47/h6-11,14-17,29-30,33-38H,12-13,18-28,47H2,1-5H3,(H2,48,58)(H,49,59)(H,50,57)(H,51,56)(H,52,60)(H,53,61)(H,54,62)/t33-,34+,35-,36-,37-,38-/m0/s1. The first-order valence-electron chi connectivity index (χ1n) is 22.2. The number of primary amides is 1. The van der Waals surface area contributed by atoms with Gasteiger partial charge in [0.2, 0.25) is 47.3 Å². The summed E-state index contributed by atoms with van der Waals surface area (Å²) in [5, 5.41) is 16.4. The lowest BCUT2D eigenvalue weighted by Gasteiger charge is -2.31. The Bertz CT molecular complexity index is 1850. The van der Waals surface area contributed by atoms with Gasteiger partial charge in [0.05, 0.1) is 6.54 Å². The van der Waals surface area contributed by atoms with E-state index in [0.29, 0.717) is 31.6 Å². The Kier molecular flexibility index (Phi) is 22.8. The summed E-state index contributed by atoms with van der Waals surface area (Å²) in [6.45, 7) is 7.68. The predicted molar refractivity (Wildman–Crippen MR) is 247 cm³/mol. The summed E-state index contributed by atoms with van der Waals surface area (Å²) in [5.41, 5.74) is 12.7. The maximum atomic E-state index is 13.9. The van der Waals surface area contributed by atoms with Gasteiger partial charge in [-0.1, -0.05) is 88.4 Å². The van der Waals surface area contributed by atoms with Gasteiger partial charge in [0.1, 0.15) is 36.3 Å². The molecule has 10 N–H and O–H groups in total. The fourth-order valence-corrected chi connectivity index (χ4v) is 7.83. The van der Waals surface area contributed by atoms with Crippen LogP contribution in [0.5, 0.6) is 0 Å². The molecule has 64 heavy (non-hydrogen) atoms. The van der Waals surface area contributed by atoms with Crippen molar-refractivity contribution in [1.82, 2.24) is 36.8 Å². The average molecular weight is 908 g/mol. The zero-order valence-electron chi connectivity index (χ0n) is 37.9. The second-order valence-corrected chi connectivity index (χ2v) is 18.0. The van der Waals surface area contributed by atoms with Gasteiger partial charge in [-0.15, -0.1) is 0 Å². The van der Waals surface area contributed by atoms with Gasteiger partial charge < -0.3 is 48.3 Å². The molecule has 3 rings (SSSR count). The van der Waals surface area contributed by atoms with Crippen molar-refractivity contribution >= 4 is 59.0 Å². The maximum absolute atomic E-state index is 13.9. The first-order chi connectivity index (χ1) is 30.5. The number of benzene rings is 2. The molecule has 8 amide bonds. The number of hydrogen-bond donors (Lipinski definition) is 8. The third-order valence-electron chi connectivity index (χ3n) is 10.7. The number of likely N-dealkylation sites (tertiary alicyclic amines) is 1. The molecule has 1 aliphatic heterocycles. The normalized spacial score (nSPS) is 16.0. The molecule has 0 spiro atoms. The van der Waals surface area contributed by atoms with Gasteiger partial charge in [0, 0.05) is 25.8 Å².